The van der Waals surface area contributed by atoms with Crippen molar-refractivity contribution in [1.29, 1.82) is 0 Å². The van der Waals surface area contributed by atoms with Crippen LogP contribution in [-0.4, -0.2) is 18.8 Å². The molecule has 0 N–H and O–H groups in total. The first-order valence-electron chi connectivity index (χ1n) is 7.85. The lowest BCUT2D eigenvalue weighted by atomic mass is 9.43. The van der Waals surface area contributed by atoms with Crippen LogP contribution in [0.25, 0.3) is 0 Å². The van der Waals surface area contributed by atoms with E-state index in [1.807, 2.05) is 0 Å². The molecule has 5 rings (SSSR count). The highest BCUT2D eigenvalue weighted by atomic mass is 16.7. The molecule has 4 unspecified atom stereocenters. The van der Waals surface area contributed by atoms with Gasteiger partial charge < -0.3 is 9.31 Å². The Bertz CT molecular complexity index is 364. The van der Waals surface area contributed by atoms with Crippen LogP contribution in [0.2, 0.25) is 5.82 Å². The van der Waals surface area contributed by atoms with Crippen molar-refractivity contribution >= 4 is 7.12 Å². The highest BCUT2D eigenvalue weighted by Gasteiger charge is 2.68. The summed E-state index contributed by atoms with van der Waals surface area (Å²) in [5, 5.41) is 0. The van der Waals surface area contributed by atoms with Crippen molar-refractivity contribution < 1.29 is 9.31 Å². The van der Waals surface area contributed by atoms with E-state index in [-0.39, 0.29) is 12.7 Å². The summed E-state index contributed by atoms with van der Waals surface area (Å²) in [5.74, 6) is 2.25. The Morgan fingerprint density at radius 2 is 1.78 bits per heavy atom. The largest absolute Gasteiger partial charge is 0.460 e. The average molecular weight is 248 g/mol. The van der Waals surface area contributed by atoms with Crippen molar-refractivity contribution in [3.05, 3.63) is 0 Å². The van der Waals surface area contributed by atoms with E-state index in [4.69, 9.17) is 9.31 Å². The van der Waals surface area contributed by atoms with Crippen LogP contribution in [0, 0.1) is 17.3 Å². The molecule has 18 heavy (non-hydrogen) atoms. The first-order valence-corrected chi connectivity index (χ1v) is 7.85. The van der Waals surface area contributed by atoms with Gasteiger partial charge in [-0.25, -0.2) is 0 Å². The van der Waals surface area contributed by atoms with Crippen molar-refractivity contribution in [1.82, 2.24) is 0 Å². The third-order valence-corrected chi connectivity index (χ3v) is 6.75. The Morgan fingerprint density at radius 3 is 2.44 bits per heavy atom. The molecule has 5 fully saturated rings. The molecule has 100 valence electrons. The Hall–Kier alpha value is -0.0151. The SMILES string of the molecule is CC1(C)C2CC3OB(C4CCCC4)OC3(C)C1C2. The van der Waals surface area contributed by atoms with Gasteiger partial charge in [0.1, 0.15) is 0 Å². The summed E-state index contributed by atoms with van der Waals surface area (Å²) in [7, 11) is 0.109. The zero-order valence-corrected chi connectivity index (χ0v) is 11.9. The molecule has 0 aromatic heterocycles. The first-order chi connectivity index (χ1) is 8.52. The van der Waals surface area contributed by atoms with E-state index in [0.29, 0.717) is 23.3 Å². The maximum atomic E-state index is 6.50. The second-order valence-corrected chi connectivity index (χ2v) is 7.88. The molecule has 4 atom stereocenters. The van der Waals surface area contributed by atoms with Gasteiger partial charge in [-0.2, -0.15) is 0 Å². The van der Waals surface area contributed by atoms with Crippen molar-refractivity contribution in [2.75, 3.05) is 0 Å². The van der Waals surface area contributed by atoms with Gasteiger partial charge in [-0.15, -0.1) is 0 Å². The maximum absolute atomic E-state index is 6.50. The molecule has 0 spiro atoms. The van der Waals surface area contributed by atoms with Gasteiger partial charge >= 0.3 is 7.12 Å². The fraction of sp³-hybridized carbons (Fsp3) is 1.00. The molecular weight excluding hydrogens is 223 g/mol. The van der Waals surface area contributed by atoms with Crippen LogP contribution in [0.4, 0.5) is 0 Å². The summed E-state index contributed by atoms with van der Waals surface area (Å²) in [6.07, 6.45) is 8.32. The van der Waals surface area contributed by atoms with Crippen molar-refractivity contribution in [2.45, 2.75) is 76.8 Å². The number of hydrogen-bond donors (Lipinski definition) is 0. The van der Waals surface area contributed by atoms with Crippen LogP contribution in [0.5, 0.6) is 0 Å². The molecule has 4 saturated carbocycles. The fourth-order valence-electron chi connectivity index (χ4n) is 5.33. The lowest BCUT2D eigenvalue weighted by molar-refractivity contribution is -0.199. The lowest BCUT2D eigenvalue weighted by Gasteiger charge is -2.64. The predicted octanol–water partition coefficient (Wildman–Crippen LogP) is 3.66. The third kappa shape index (κ3) is 1.33. The maximum Gasteiger partial charge on any atom is 0.460 e. The van der Waals surface area contributed by atoms with Crippen LogP contribution in [0.15, 0.2) is 0 Å². The minimum absolute atomic E-state index is 0.00546. The number of rotatable bonds is 1. The monoisotopic (exact) mass is 248 g/mol. The van der Waals surface area contributed by atoms with Gasteiger partial charge in [-0.05, 0) is 42.8 Å². The summed E-state index contributed by atoms with van der Waals surface area (Å²) in [6.45, 7) is 7.19. The molecule has 4 aliphatic carbocycles. The van der Waals surface area contributed by atoms with E-state index in [2.05, 4.69) is 20.8 Å². The van der Waals surface area contributed by atoms with Crippen LogP contribution in [0.3, 0.4) is 0 Å². The zero-order valence-electron chi connectivity index (χ0n) is 11.9. The van der Waals surface area contributed by atoms with Gasteiger partial charge in [-0.3, -0.25) is 0 Å². The molecule has 0 radical (unpaired) electrons. The minimum atomic E-state index is 0.00546. The molecule has 0 aromatic carbocycles. The van der Waals surface area contributed by atoms with Crippen LogP contribution in [0.1, 0.15) is 59.3 Å². The predicted molar refractivity (Wildman–Crippen MR) is 72.3 cm³/mol. The van der Waals surface area contributed by atoms with Gasteiger partial charge in [0.2, 0.25) is 0 Å². The third-order valence-electron chi connectivity index (χ3n) is 6.75. The molecular formula is C15H25BO2. The van der Waals surface area contributed by atoms with E-state index >= 15 is 0 Å². The highest BCUT2D eigenvalue weighted by molar-refractivity contribution is 6.47. The van der Waals surface area contributed by atoms with E-state index in [1.54, 1.807) is 0 Å². The summed E-state index contributed by atoms with van der Waals surface area (Å²) >= 11 is 0. The Balaban J connectivity index is 1.57. The summed E-state index contributed by atoms with van der Waals surface area (Å²) in [4.78, 5) is 0. The first kappa shape index (κ1) is 11.8. The van der Waals surface area contributed by atoms with Gasteiger partial charge in [-0.1, -0.05) is 39.5 Å². The van der Waals surface area contributed by atoms with Crippen LogP contribution < -0.4 is 0 Å². The van der Waals surface area contributed by atoms with Crippen molar-refractivity contribution in [3.8, 4) is 0 Å². The molecule has 1 heterocycles. The smallest absolute Gasteiger partial charge is 0.405 e. The Kier molecular flexibility index (Phi) is 2.32. The molecule has 1 aliphatic heterocycles. The van der Waals surface area contributed by atoms with Crippen molar-refractivity contribution in [3.63, 3.8) is 0 Å². The molecule has 0 amide bonds. The summed E-state index contributed by atoms with van der Waals surface area (Å²) in [6, 6.07) is 0. The zero-order chi connectivity index (χ0) is 12.5. The second kappa shape index (κ2) is 3.55. The summed E-state index contributed by atoms with van der Waals surface area (Å²) in [5.41, 5.74) is 0.477. The van der Waals surface area contributed by atoms with Crippen molar-refractivity contribution in [2.24, 2.45) is 17.3 Å². The van der Waals surface area contributed by atoms with E-state index in [0.717, 1.165) is 5.92 Å². The van der Waals surface area contributed by atoms with Crippen LogP contribution in [-0.2, 0) is 9.31 Å². The Labute approximate surface area is 111 Å². The van der Waals surface area contributed by atoms with E-state index in [1.165, 1.54) is 38.5 Å². The standard InChI is InChI=1S/C15H25BO2/c1-14(2)10-8-12(14)15(3)13(9-10)17-16(18-15)11-6-4-5-7-11/h10-13H,4-9H2,1-3H3. The Morgan fingerprint density at radius 1 is 1.06 bits per heavy atom. The molecule has 2 nitrogen and oxygen atoms in total. The van der Waals surface area contributed by atoms with Gasteiger partial charge in [0.15, 0.2) is 0 Å². The van der Waals surface area contributed by atoms with E-state index in [9.17, 15) is 0 Å². The topological polar surface area (TPSA) is 18.5 Å². The quantitative estimate of drug-likeness (QED) is 0.659. The molecule has 0 aromatic rings. The normalized spacial score (nSPS) is 50.2. The van der Waals surface area contributed by atoms with Gasteiger partial charge in [0.05, 0.1) is 11.7 Å². The number of hydrogen-bond acceptors (Lipinski definition) is 2. The second-order valence-electron chi connectivity index (χ2n) is 7.88. The molecule has 5 aliphatic rings. The minimum Gasteiger partial charge on any atom is -0.405 e. The van der Waals surface area contributed by atoms with Crippen LogP contribution >= 0.6 is 0 Å². The molecule has 3 heteroatoms. The molecule has 2 bridgehead atoms. The van der Waals surface area contributed by atoms with Gasteiger partial charge in [0.25, 0.3) is 0 Å². The van der Waals surface area contributed by atoms with E-state index < -0.39 is 0 Å². The molecule has 1 saturated heterocycles. The average Bonchev–Trinajstić information content (AvgIpc) is 2.92. The van der Waals surface area contributed by atoms with Gasteiger partial charge in [0, 0.05) is 0 Å². The summed E-state index contributed by atoms with van der Waals surface area (Å²) < 4.78 is 12.8. The lowest BCUT2D eigenvalue weighted by Crippen LogP contribution is -2.65. The fourth-order valence-corrected chi connectivity index (χ4v) is 5.33. The highest BCUT2D eigenvalue weighted by Crippen LogP contribution is 2.66.